The van der Waals surface area contributed by atoms with Gasteiger partial charge in [0, 0.05) is 18.1 Å². The first-order chi connectivity index (χ1) is 7.20. The van der Waals surface area contributed by atoms with Gasteiger partial charge in [-0.15, -0.1) is 0 Å². The van der Waals surface area contributed by atoms with Crippen molar-refractivity contribution in [3.8, 4) is 0 Å². The maximum absolute atomic E-state index is 6.14. The lowest BCUT2D eigenvalue weighted by Gasteiger charge is -2.19. The molecule has 2 N–H and O–H groups in total. The van der Waals surface area contributed by atoms with Crippen LogP contribution in [0.2, 0.25) is 10.0 Å². The van der Waals surface area contributed by atoms with Crippen LogP contribution in [0.4, 0.5) is 5.69 Å². The van der Waals surface area contributed by atoms with Gasteiger partial charge in [0.25, 0.3) is 0 Å². The molecule has 1 fully saturated rings. The molecule has 4 heteroatoms. The Morgan fingerprint density at radius 2 is 2.20 bits per heavy atom. The summed E-state index contributed by atoms with van der Waals surface area (Å²) in [4.78, 5) is 2.27. The van der Waals surface area contributed by atoms with Crippen molar-refractivity contribution in [1.29, 1.82) is 0 Å². The highest BCUT2D eigenvalue weighted by molar-refractivity contribution is 6.36. The molecule has 0 saturated carbocycles. The molecule has 1 aliphatic rings. The van der Waals surface area contributed by atoms with Crippen LogP contribution >= 0.6 is 23.2 Å². The number of benzene rings is 1. The fourth-order valence-corrected chi connectivity index (χ4v) is 2.51. The minimum atomic E-state index is 0.594. The molecule has 0 radical (unpaired) electrons. The molecule has 0 aromatic heterocycles. The highest BCUT2D eigenvalue weighted by Gasteiger charge is 2.22. The number of anilines is 1. The van der Waals surface area contributed by atoms with Crippen molar-refractivity contribution in [2.75, 3.05) is 24.5 Å². The minimum Gasteiger partial charge on any atom is -0.370 e. The van der Waals surface area contributed by atoms with Crippen molar-refractivity contribution in [2.24, 2.45) is 11.7 Å². The van der Waals surface area contributed by atoms with E-state index in [-0.39, 0.29) is 0 Å². The number of nitrogens with two attached hydrogens (primary N) is 1. The van der Waals surface area contributed by atoms with E-state index in [1.54, 1.807) is 6.07 Å². The molecule has 1 aromatic carbocycles. The monoisotopic (exact) mass is 244 g/mol. The molecule has 0 spiro atoms. The Kier molecular flexibility index (Phi) is 3.39. The van der Waals surface area contributed by atoms with Gasteiger partial charge in [-0.2, -0.15) is 0 Å². The third-order valence-corrected chi connectivity index (χ3v) is 3.41. The zero-order valence-electron chi connectivity index (χ0n) is 8.42. The van der Waals surface area contributed by atoms with Crippen molar-refractivity contribution in [2.45, 2.75) is 6.42 Å². The number of nitrogens with zero attached hydrogens (tertiary/aromatic N) is 1. The summed E-state index contributed by atoms with van der Waals surface area (Å²) in [6.07, 6.45) is 1.15. The van der Waals surface area contributed by atoms with Gasteiger partial charge in [0.05, 0.1) is 10.7 Å². The van der Waals surface area contributed by atoms with Crippen LogP contribution in [0, 0.1) is 5.92 Å². The van der Waals surface area contributed by atoms with E-state index >= 15 is 0 Å². The minimum absolute atomic E-state index is 0.594. The van der Waals surface area contributed by atoms with Gasteiger partial charge in [-0.1, -0.05) is 23.2 Å². The molecule has 1 unspecified atom stereocenters. The largest absolute Gasteiger partial charge is 0.370 e. The molecule has 0 bridgehead atoms. The molecule has 15 heavy (non-hydrogen) atoms. The van der Waals surface area contributed by atoms with Crippen LogP contribution in [0.1, 0.15) is 6.42 Å². The standard InChI is InChI=1S/C11H14Cl2N2/c12-9-1-2-11(10(13)5-9)15-4-3-8(6-14)7-15/h1-2,5,8H,3-4,6-7,14H2. The Bertz CT molecular complexity index is 354. The molecule has 1 aromatic rings. The van der Waals surface area contributed by atoms with E-state index in [0.29, 0.717) is 10.9 Å². The molecule has 1 aliphatic heterocycles. The summed E-state index contributed by atoms with van der Waals surface area (Å²) in [6.45, 7) is 2.78. The zero-order valence-corrected chi connectivity index (χ0v) is 9.93. The average Bonchev–Trinajstić information content (AvgIpc) is 2.66. The van der Waals surface area contributed by atoms with Crippen LogP contribution < -0.4 is 10.6 Å². The third-order valence-electron chi connectivity index (χ3n) is 2.87. The van der Waals surface area contributed by atoms with Gasteiger partial charge in [-0.25, -0.2) is 0 Å². The Balaban J connectivity index is 2.17. The molecule has 1 heterocycles. The van der Waals surface area contributed by atoms with Crippen LogP contribution in [0.25, 0.3) is 0 Å². The van der Waals surface area contributed by atoms with Crippen LogP contribution in [-0.2, 0) is 0 Å². The molecular weight excluding hydrogens is 231 g/mol. The fraction of sp³-hybridized carbons (Fsp3) is 0.455. The lowest BCUT2D eigenvalue weighted by molar-refractivity contribution is 0.602. The maximum atomic E-state index is 6.14. The van der Waals surface area contributed by atoms with E-state index in [1.165, 1.54) is 0 Å². The van der Waals surface area contributed by atoms with Crippen LogP contribution in [0.3, 0.4) is 0 Å². The summed E-state index contributed by atoms with van der Waals surface area (Å²) in [5, 5.41) is 1.40. The SMILES string of the molecule is NCC1CCN(c2ccc(Cl)cc2Cl)C1. The Hall–Kier alpha value is -0.440. The maximum Gasteiger partial charge on any atom is 0.0654 e. The second-order valence-electron chi connectivity index (χ2n) is 3.93. The number of halogens is 2. The summed E-state index contributed by atoms with van der Waals surface area (Å²) in [5.74, 6) is 0.594. The first-order valence-corrected chi connectivity index (χ1v) is 5.86. The lowest BCUT2D eigenvalue weighted by Crippen LogP contribution is -2.22. The van der Waals surface area contributed by atoms with E-state index in [2.05, 4.69) is 4.90 Å². The molecule has 82 valence electrons. The van der Waals surface area contributed by atoms with Gasteiger partial charge in [-0.3, -0.25) is 0 Å². The molecule has 2 rings (SSSR count). The van der Waals surface area contributed by atoms with Gasteiger partial charge >= 0.3 is 0 Å². The Morgan fingerprint density at radius 1 is 1.40 bits per heavy atom. The summed E-state index contributed by atoms with van der Waals surface area (Å²) in [6, 6.07) is 5.64. The lowest BCUT2D eigenvalue weighted by atomic mass is 10.1. The second kappa shape index (κ2) is 4.60. The summed E-state index contributed by atoms with van der Waals surface area (Å²) >= 11 is 12.0. The van der Waals surface area contributed by atoms with E-state index in [4.69, 9.17) is 28.9 Å². The molecule has 2 nitrogen and oxygen atoms in total. The summed E-state index contributed by atoms with van der Waals surface area (Å²) in [5.41, 5.74) is 6.72. The summed E-state index contributed by atoms with van der Waals surface area (Å²) < 4.78 is 0. The topological polar surface area (TPSA) is 29.3 Å². The molecule has 0 amide bonds. The first kappa shape index (κ1) is 11.1. The number of hydrogen-bond acceptors (Lipinski definition) is 2. The second-order valence-corrected chi connectivity index (χ2v) is 4.78. The van der Waals surface area contributed by atoms with Crippen molar-refractivity contribution in [3.05, 3.63) is 28.2 Å². The fourth-order valence-electron chi connectivity index (χ4n) is 1.98. The molecular formula is C11H14Cl2N2. The first-order valence-electron chi connectivity index (χ1n) is 5.11. The normalized spacial score (nSPS) is 21.0. The van der Waals surface area contributed by atoms with E-state index < -0.39 is 0 Å². The van der Waals surface area contributed by atoms with Gasteiger partial charge in [0.2, 0.25) is 0 Å². The van der Waals surface area contributed by atoms with E-state index in [1.807, 2.05) is 12.1 Å². The molecule has 0 aliphatic carbocycles. The Labute approximate surface area is 100.0 Å². The van der Waals surface area contributed by atoms with E-state index in [9.17, 15) is 0 Å². The number of hydrogen-bond donors (Lipinski definition) is 1. The van der Waals surface area contributed by atoms with Crippen molar-refractivity contribution < 1.29 is 0 Å². The predicted octanol–water partition coefficient (Wildman–Crippen LogP) is 2.78. The highest BCUT2D eigenvalue weighted by Crippen LogP contribution is 2.32. The van der Waals surface area contributed by atoms with Crippen molar-refractivity contribution in [3.63, 3.8) is 0 Å². The van der Waals surface area contributed by atoms with Gasteiger partial charge in [-0.05, 0) is 37.1 Å². The van der Waals surface area contributed by atoms with Crippen LogP contribution in [0.5, 0.6) is 0 Å². The highest BCUT2D eigenvalue weighted by atomic mass is 35.5. The average molecular weight is 245 g/mol. The van der Waals surface area contributed by atoms with Crippen molar-refractivity contribution in [1.82, 2.24) is 0 Å². The van der Waals surface area contributed by atoms with Gasteiger partial charge in [0.1, 0.15) is 0 Å². The molecule has 1 saturated heterocycles. The Morgan fingerprint density at radius 3 is 2.80 bits per heavy atom. The van der Waals surface area contributed by atoms with Crippen molar-refractivity contribution >= 4 is 28.9 Å². The van der Waals surface area contributed by atoms with E-state index in [0.717, 1.165) is 36.8 Å². The van der Waals surface area contributed by atoms with Gasteiger partial charge in [0.15, 0.2) is 0 Å². The van der Waals surface area contributed by atoms with Gasteiger partial charge < -0.3 is 10.6 Å². The number of rotatable bonds is 2. The quantitative estimate of drug-likeness (QED) is 0.868. The van der Waals surface area contributed by atoms with Crippen LogP contribution in [-0.4, -0.2) is 19.6 Å². The van der Waals surface area contributed by atoms with Crippen LogP contribution in [0.15, 0.2) is 18.2 Å². The molecule has 1 atom stereocenters. The smallest absolute Gasteiger partial charge is 0.0654 e. The predicted molar refractivity (Wildman–Crippen MR) is 65.8 cm³/mol. The zero-order chi connectivity index (χ0) is 10.8. The summed E-state index contributed by atoms with van der Waals surface area (Å²) in [7, 11) is 0. The third kappa shape index (κ3) is 2.39.